The van der Waals surface area contributed by atoms with E-state index in [-0.39, 0.29) is 25.0 Å². The Bertz CT molecular complexity index is 1150. The van der Waals surface area contributed by atoms with Crippen molar-refractivity contribution in [2.24, 2.45) is 0 Å². The van der Waals surface area contributed by atoms with Crippen LogP contribution in [0.3, 0.4) is 0 Å². The molecule has 6 nitrogen and oxygen atoms in total. The Morgan fingerprint density at radius 2 is 1.75 bits per heavy atom. The van der Waals surface area contributed by atoms with Crippen molar-refractivity contribution in [1.82, 2.24) is 15.0 Å². The van der Waals surface area contributed by atoms with Crippen LogP contribution in [0.5, 0.6) is 11.5 Å². The molecular formula is C22H17N3O3. The molecule has 1 aliphatic rings. The first kappa shape index (κ1) is 16.5. The van der Waals surface area contributed by atoms with Gasteiger partial charge in [0.05, 0.1) is 11.6 Å². The third-order valence-corrected chi connectivity index (χ3v) is 4.93. The Balaban J connectivity index is 1.59. The third kappa shape index (κ3) is 2.89. The van der Waals surface area contributed by atoms with Crippen LogP contribution >= 0.6 is 0 Å². The van der Waals surface area contributed by atoms with Crippen LogP contribution < -0.4 is 9.47 Å². The standard InChI is InChI=1S/C22H17N3O3/c26-20(15-6-2-1-3-7-15)13-19(16-10-11-21-22(12-16)28-14-27-21)25-18-9-5-4-8-17(18)23-24-25/h1-12,19H,13-14H2. The molecule has 1 atom stereocenters. The molecule has 0 radical (unpaired) electrons. The molecule has 0 amide bonds. The molecule has 0 aliphatic carbocycles. The van der Waals surface area contributed by atoms with E-state index in [0.717, 1.165) is 16.6 Å². The van der Waals surface area contributed by atoms with Crippen LogP contribution in [0.2, 0.25) is 0 Å². The highest BCUT2D eigenvalue weighted by Crippen LogP contribution is 2.36. The molecule has 28 heavy (non-hydrogen) atoms. The number of Topliss-reactive ketones (excluding diaryl/α,β-unsaturated/α-hetero) is 1. The summed E-state index contributed by atoms with van der Waals surface area (Å²) < 4.78 is 12.8. The first-order chi connectivity index (χ1) is 13.8. The van der Waals surface area contributed by atoms with Crippen molar-refractivity contribution < 1.29 is 14.3 Å². The van der Waals surface area contributed by atoms with E-state index in [1.165, 1.54) is 0 Å². The summed E-state index contributed by atoms with van der Waals surface area (Å²) in [7, 11) is 0. The molecule has 6 heteroatoms. The lowest BCUT2D eigenvalue weighted by Gasteiger charge is -2.18. The fourth-order valence-electron chi connectivity index (χ4n) is 3.50. The van der Waals surface area contributed by atoms with Crippen LogP contribution in [0.15, 0.2) is 72.8 Å². The quantitative estimate of drug-likeness (QED) is 0.496. The van der Waals surface area contributed by atoms with E-state index in [1.807, 2.05) is 77.5 Å². The predicted molar refractivity (Wildman–Crippen MR) is 104 cm³/mol. The van der Waals surface area contributed by atoms with Gasteiger partial charge in [0.2, 0.25) is 6.79 Å². The zero-order valence-corrected chi connectivity index (χ0v) is 15.0. The third-order valence-electron chi connectivity index (χ3n) is 4.93. The van der Waals surface area contributed by atoms with Crippen LogP contribution in [0.25, 0.3) is 11.0 Å². The number of rotatable bonds is 5. The largest absolute Gasteiger partial charge is 0.454 e. The number of benzene rings is 3. The van der Waals surface area contributed by atoms with Gasteiger partial charge in [-0.3, -0.25) is 4.79 Å². The summed E-state index contributed by atoms with van der Waals surface area (Å²) in [6.07, 6.45) is 0.261. The summed E-state index contributed by atoms with van der Waals surface area (Å²) in [6, 6.07) is 22.5. The fourth-order valence-corrected chi connectivity index (χ4v) is 3.50. The summed E-state index contributed by atoms with van der Waals surface area (Å²) in [6.45, 7) is 0.207. The van der Waals surface area contributed by atoms with Gasteiger partial charge >= 0.3 is 0 Å². The second-order valence-electron chi connectivity index (χ2n) is 6.64. The van der Waals surface area contributed by atoms with Crippen LogP contribution in [-0.2, 0) is 0 Å². The van der Waals surface area contributed by atoms with Gasteiger partial charge in [0.1, 0.15) is 5.52 Å². The highest BCUT2D eigenvalue weighted by Gasteiger charge is 2.24. The van der Waals surface area contributed by atoms with Crippen molar-refractivity contribution in [2.45, 2.75) is 12.5 Å². The normalized spacial score (nSPS) is 13.6. The number of fused-ring (bicyclic) bond motifs is 2. The van der Waals surface area contributed by atoms with E-state index in [9.17, 15) is 4.79 Å². The summed E-state index contributed by atoms with van der Waals surface area (Å²) in [5, 5.41) is 8.62. The molecule has 0 fully saturated rings. The molecule has 0 spiro atoms. The zero-order valence-electron chi connectivity index (χ0n) is 15.0. The number of ether oxygens (including phenoxy) is 2. The summed E-state index contributed by atoms with van der Waals surface area (Å²) >= 11 is 0. The van der Waals surface area contributed by atoms with Crippen molar-refractivity contribution in [3.63, 3.8) is 0 Å². The number of para-hydroxylation sites is 1. The van der Waals surface area contributed by atoms with E-state index in [0.29, 0.717) is 17.1 Å². The molecule has 3 aromatic carbocycles. The maximum absolute atomic E-state index is 13.0. The van der Waals surface area contributed by atoms with Crippen molar-refractivity contribution in [1.29, 1.82) is 0 Å². The van der Waals surface area contributed by atoms with Gasteiger partial charge in [-0.05, 0) is 29.8 Å². The smallest absolute Gasteiger partial charge is 0.231 e. The number of nitrogens with zero attached hydrogens (tertiary/aromatic N) is 3. The fraction of sp³-hybridized carbons (Fsp3) is 0.136. The van der Waals surface area contributed by atoms with Gasteiger partial charge < -0.3 is 9.47 Å². The molecule has 1 unspecified atom stereocenters. The number of aromatic nitrogens is 3. The van der Waals surface area contributed by atoms with Gasteiger partial charge in [-0.15, -0.1) is 5.10 Å². The SMILES string of the molecule is O=C(CC(c1ccc2c(c1)OCO2)n1nnc2ccccc21)c1ccccc1. The molecule has 5 rings (SSSR count). The van der Waals surface area contributed by atoms with Gasteiger partial charge in [0.15, 0.2) is 17.3 Å². The minimum Gasteiger partial charge on any atom is -0.454 e. The van der Waals surface area contributed by atoms with Crippen molar-refractivity contribution in [3.05, 3.63) is 83.9 Å². The van der Waals surface area contributed by atoms with Crippen molar-refractivity contribution in [3.8, 4) is 11.5 Å². The van der Waals surface area contributed by atoms with Crippen LogP contribution in [0, 0.1) is 0 Å². The molecule has 0 N–H and O–H groups in total. The molecule has 138 valence electrons. The van der Waals surface area contributed by atoms with E-state index in [1.54, 1.807) is 0 Å². The Kier molecular flexibility index (Phi) is 4.01. The predicted octanol–water partition coefficient (Wildman–Crippen LogP) is 4.02. The monoisotopic (exact) mass is 371 g/mol. The van der Waals surface area contributed by atoms with Gasteiger partial charge in [-0.1, -0.05) is 53.7 Å². The van der Waals surface area contributed by atoms with Gasteiger partial charge in [0, 0.05) is 12.0 Å². The van der Waals surface area contributed by atoms with Crippen LogP contribution in [0.1, 0.15) is 28.4 Å². The van der Waals surface area contributed by atoms with Crippen LogP contribution in [0.4, 0.5) is 0 Å². The van der Waals surface area contributed by atoms with Gasteiger partial charge in [-0.25, -0.2) is 4.68 Å². The second kappa shape index (κ2) is 6.81. The van der Waals surface area contributed by atoms with Crippen molar-refractivity contribution in [2.75, 3.05) is 6.79 Å². The summed E-state index contributed by atoms with van der Waals surface area (Å²) in [4.78, 5) is 13.0. The Morgan fingerprint density at radius 1 is 0.964 bits per heavy atom. The topological polar surface area (TPSA) is 66.2 Å². The van der Waals surface area contributed by atoms with E-state index >= 15 is 0 Å². The second-order valence-corrected chi connectivity index (χ2v) is 6.64. The number of hydrogen-bond donors (Lipinski definition) is 0. The summed E-state index contributed by atoms with van der Waals surface area (Å²) in [5.74, 6) is 1.43. The lowest BCUT2D eigenvalue weighted by molar-refractivity contribution is 0.0967. The molecule has 0 bridgehead atoms. The molecule has 1 aromatic heterocycles. The van der Waals surface area contributed by atoms with E-state index in [4.69, 9.17) is 9.47 Å². The lowest BCUT2D eigenvalue weighted by atomic mass is 9.97. The van der Waals surface area contributed by atoms with E-state index in [2.05, 4.69) is 10.3 Å². The molecular weight excluding hydrogens is 354 g/mol. The van der Waals surface area contributed by atoms with Gasteiger partial charge in [-0.2, -0.15) is 0 Å². The first-order valence-corrected chi connectivity index (χ1v) is 9.07. The minimum absolute atomic E-state index is 0.0443. The average Bonchev–Trinajstić information content (AvgIpc) is 3.39. The lowest BCUT2D eigenvalue weighted by Crippen LogP contribution is -2.17. The van der Waals surface area contributed by atoms with Crippen LogP contribution in [-0.4, -0.2) is 27.6 Å². The highest BCUT2D eigenvalue weighted by molar-refractivity contribution is 5.96. The summed E-state index contributed by atoms with van der Waals surface area (Å²) in [5.41, 5.74) is 3.27. The molecule has 0 saturated carbocycles. The molecule has 2 heterocycles. The number of carbonyl (C=O) groups is 1. The highest BCUT2D eigenvalue weighted by atomic mass is 16.7. The average molecular weight is 371 g/mol. The van der Waals surface area contributed by atoms with Gasteiger partial charge in [0.25, 0.3) is 0 Å². The first-order valence-electron chi connectivity index (χ1n) is 9.07. The minimum atomic E-state index is -0.311. The maximum Gasteiger partial charge on any atom is 0.231 e. The van der Waals surface area contributed by atoms with Crippen molar-refractivity contribution >= 4 is 16.8 Å². The Labute approximate surface area is 161 Å². The molecule has 0 saturated heterocycles. The molecule has 4 aromatic rings. The van der Waals surface area contributed by atoms with E-state index < -0.39 is 0 Å². The Morgan fingerprint density at radius 3 is 2.64 bits per heavy atom. The number of hydrogen-bond acceptors (Lipinski definition) is 5. The number of ketones is 1. The maximum atomic E-state index is 13.0. The Hall–Kier alpha value is -3.67. The molecule has 1 aliphatic heterocycles. The zero-order chi connectivity index (χ0) is 18.9. The number of carbonyl (C=O) groups excluding carboxylic acids is 1.